The zero-order valence-corrected chi connectivity index (χ0v) is 18.7. The Hall–Kier alpha value is -3.75. The van der Waals surface area contributed by atoms with Crippen molar-refractivity contribution in [1.82, 2.24) is 19.8 Å². The number of rotatable bonds is 5. The van der Waals surface area contributed by atoms with E-state index >= 15 is 4.39 Å². The van der Waals surface area contributed by atoms with E-state index in [-0.39, 0.29) is 23.4 Å². The molecule has 1 N–H and O–H groups in total. The zero-order chi connectivity index (χ0) is 23.5. The summed E-state index contributed by atoms with van der Waals surface area (Å²) in [6, 6.07) is 8.24. The van der Waals surface area contributed by atoms with Crippen molar-refractivity contribution >= 4 is 28.4 Å². The van der Waals surface area contributed by atoms with E-state index in [0.29, 0.717) is 49.6 Å². The summed E-state index contributed by atoms with van der Waals surface area (Å²) >= 11 is 0. The Morgan fingerprint density at radius 2 is 1.91 bits per heavy atom. The Balaban J connectivity index is 1.65. The second-order valence-electron chi connectivity index (χ2n) is 7.98. The number of hydrogen-bond donors (Lipinski definition) is 1. The number of benzene rings is 1. The van der Waals surface area contributed by atoms with Gasteiger partial charge in [-0.05, 0) is 31.2 Å². The van der Waals surface area contributed by atoms with Gasteiger partial charge in [0, 0.05) is 57.4 Å². The highest BCUT2D eigenvalue weighted by Gasteiger charge is 2.23. The van der Waals surface area contributed by atoms with E-state index in [1.807, 2.05) is 17.9 Å². The SMILES string of the molecule is CCn1cc(C(=O)NCc2ccccn2)c(=O)c2cc(F)c(N3CCN(C(C)=O)CC3)cc21. The minimum absolute atomic E-state index is 0.00214. The van der Waals surface area contributed by atoms with Crippen LogP contribution in [0.25, 0.3) is 10.9 Å². The zero-order valence-electron chi connectivity index (χ0n) is 18.7. The van der Waals surface area contributed by atoms with Crippen LogP contribution in [0, 0.1) is 5.82 Å². The summed E-state index contributed by atoms with van der Waals surface area (Å²) in [6.07, 6.45) is 3.15. The van der Waals surface area contributed by atoms with Crippen LogP contribution in [-0.2, 0) is 17.9 Å². The van der Waals surface area contributed by atoms with Gasteiger partial charge in [-0.2, -0.15) is 0 Å². The highest BCUT2D eigenvalue weighted by molar-refractivity contribution is 5.97. The average Bonchev–Trinajstić information content (AvgIpc) is 2.83. The normalized spacial score (nSPS) is 13.9. The second-order valence-corrected chi connectivity index (χ2v) is 7.98. The Bertz CT molecular complexity index is 1250. The van der Waals surface area contributed by atoms with Crippen molar-refractivity contribution in [2.45, 2.75) is 26.9 Å². The number of fused-ring (bicyclic) bond motifs is 1. The maximum absolute atomic E-state index is 15.1. The quantitative estimate of drug-likeness (QED) is 0.642. The molecule has 1 aromatic carbocycles. The van der Waals surface area contributed by atoms with Crippen molar-refractivity contribution in [3.8, 4) is 0 Å². The van der Waals surface area contributed by atoms with Crippen molar-refractivity contribution in [2.75, 3.05) is 31.1 Å². The molecule has 9 heteroatoms. The Labute approximate surface area is 190 Å². The van der Waals surface area contributed by atoms with Crippen molar-refractivity contribution in [3.05, 3.63) is 70.0 Å². The lowest BCUT2D eigenvalue weighted by Crippen LogP contribution is -2.48. The van der Waals surface area contributed by atoms with Gasteiger partial charge in [-0.1, -0.05) is 6.07 Å². The Morgan fingerprint density at radius 3 is 2.55 bits per heavy atom. The van der Waals surface area contributed by atoms with Crippen LogP contribution in [0.3, 0.4) is 0 Å². The molecule has 8 nitrogen and oxygen atoms in total. The first kappa shape index (κ1) is 22.4. The number of amides is 2. The number of hydrogen-bond acceptors (Lipinski definition) is 5. The molecule has 172 valence electrons. The van der Waals surface area contributed by atoms with Gasteiger partial charge in [-0.3, -0.25) is 19.4 Å². The summed E-state index contributed by atoms with van der Waals surface area (Å²) in [7, 11) is 0. The van der Waals surface area contributed by atoms with Crippen molar-refractivity contribution < 1.29 is 14.0 Å². The third kappa shape index (κ3) is 4.57. The molecule has 0 unspecified atom stereocenters. The number of aromatic nitrogens is 2. The van der Waals surface area contributed by atoms with Gasteiger partial charge in [-0.15, -0.1) is 0 Å². The number of halogens is 1. The van der Waals surface area contributed by atoms with Gasteiger partial charge in [0.1, 0.15) is 11.4 Å². The molecule has 0 aliphatic carbocycles. The molecule has 0 atom stereocenters. The summed E-state index contributed by atoms with van der Waals surface area (Å²) in [5.74, 6) is -1.05. The van der Waals surface area contributed by atoms with E-state index in [1.165, 1.54) is 19.2 Å². The molecular formula is C24H26FN5O3. The van der Waals surface area contributed by atoms with Crippen molar-refractivity contribution in [3.63, 3.8) is 0 Å². The third-order valence-corrected chi connectivity index (χ3v) is 5.96. The van der Waals surface area contributed by atoms with Gasteiger partial charge in [0.05, 0.1) is 23.4 Å². The molecule has 3 heterocycles. The van der Waals surface area contributed by atoms with Crippen LogP contribution in [-0.4, -0.2) is 52.4 Å². The highest BCUT2D eigenvalue weighted by atomic mass is 19.1. The number of carbonyl (C=O) groups excluding carboxylic acids is 2. The number of anilines is 1. The first-order valence-corrected chi connectivity index (χ1v) is 10.9. The number of nitrogens with one attached hydrogen (secondary N) is 1. The van der Waals surface area contributed by atoms with E-state index in [1.54, 1.807) is 33.9 Å². The molecule has 0 spiro atoms. The molecule has 4 rings (SSSR count). The van der Waals surface area contributed by atoms with E-state index in [9.17, 15) is 14.4 Å². The second kappa shape index (κ2) is 9.40. The molecule has 0 saturated carbocycles. The van der Waals surface area contributed by atoms with E-state index < -0.39 is 17.2 Å². The van der Waals surface area contributed by atoms with Gasteiger partial charge in [0.15, 0.2) is 0 Å². The molecular weight excluding hydrogens is 425 g/mol. The fraction of sp³-hybridized carbons (Fsp3) is 0.333. The van der Waals surface area contributed by atoms with Crippen LogP contribution in [0.1, 0.15) is 29.9 Å². The largest absolute Gasteiger partial charge is 0.366 e. The summed E-state index contributed by atoms with van der Waals surface area (Å²) in [5, 5.41) is 2.87. The number of carbonyl (C=O) groups is 2. The van der Waals surface area contributed by atoms with Crippen LogP contribution in [0.4, 0.5) is 10.1 Å². The van der Waals surface area contributed by atoms with Gasteiger partial charge in [0.25, 0.3) is 5.91 Å². The van der Waals surface area contributed by atoms with Gasteiger partial charge >= 0.3 is 0 Å². The van der Waals surface area contributed by atoms with Crippen LogP contribution in [0.2, 0.25) is 0 Å². The lowest BCUT2D eigenvalue weighted by Gasteiger charge is -2.36. The van der Waals surface area contributed by atoms with Crippen molar-refractivity contribution in [2.24, 2.45) is 0 Å². The summed E-state index contributed by atoms with van der Waals surface area (Å²) in [6.45, 7) is 6.15. The van der Waals surface area contributed by atoms with Gasteiger partial charge in [0.2, 0.25) is 11.3 Å². The molecule has 0 radical (unpaired) electrons. The van der Waals surface area contributed by atoms with E-state index in [0.717, 1.165) is 0 Å². The summed E-state index contributed by atoms with van der Waals surface area (Å²) < 4.78 is 16.9. The smallest absolute Gasteiger partial charge is 0.257 e. The number of aryl methyl sites for hydroxylation is 1. The minimum atomic E-state index is -0.528. The minimum Gasteiger partial charge on any atom is -0.366 e. The van der Waals surface area contributed by atoms with E-state index in [4.69, 9.17) is 0 Å². The van der Waals surface area contributed by atoms with Crippen LogP contribution >= 0.6 is 0 Å². The van der Waals surface area contributed by atoms with Crippen LogP contribution in [0.5, 0.6) is 0 Å². The molecule has 2 aromatic heterocycles. The number of nitrogens with zero attached hydrogens (tertiary/aromatic N) is 4. The molecule has 0 bridgehead atoms. The number of piperazine rings is 1. The summed E-state index contributed by atoms with van der Waals surface area (Å²) in [5.41, 5.74) is 1.07. The molecule has 2 amide bonds. The fourth-order valence-electron chi connectivity index (χ4n) is 4.10. The van der Waals surface area contributed by atoms with Gasteiger partial charge in [-0.25, -0.2) is 4.39 Å². The highest BCUT2D eigenvalue weighted by Crippen LogP contribution is 2.26. The van der Waals surface area contributed by atoms with Gasteiger partial charge < -0.3 is 19.7 Å². The topological polar surface area (TPSA) is 87.5 Å². The predicted molar refractivity (Wildman–Crippen MR) is 124 cm³/mol. The van der Waals surface area contributed by atoms with Crippen LogP contribution < -0.4 is 15.6 Å². The fourth-order valence-corrected chi connectivity index (χ4v) is 4.10. The van der Waals surface area contributed by atoms with Crippen LogP contribution in [0.15, 0.2) is 47.5 Å². The first-order chi connectivity index (χ1) is 15.9. The molecule has 1 aliphatic rings. The predicted octanol–water partition coefficient (Wildman–Crippen LogP) is 2.15. The molecule has 1 saturated heterocycles. The monoisotopic (exact) mass is 451 g/mol. The Kier molecular flexibility index (Phi) is 6.39. The summed E-state index contributed by atoms with van der Waals surface area (Å²) in [4.78, 5) is 45.2. The Morgan fingerprint density at radius 1 is 1.15 bits per heavy atom. The maximum atomic E-state index is 15.1. The third-order valence-electron chi connectivity index (χ3n) is 5.96. The molecule has 1 fully saturated rings. The molecule has 33 heavy (non-hydrogen) atoms. The average molecular weight is 452 g/mol. The number of pyridine rings is 2. The first-order valence-electron chi connectivity index (χ1n) is 10.9. The van der Waals surface area contributed by atoms with Crippen molar-refractivity contribution in [1.29, 1.82) is 0 Å². The maximum Gasteiger partial charge on any atom is 0.257 e. The lowest BCUT2D eigenvalue weighted by molar-refractivity contribution is -0.129. The van der Waals surface area contributed by atoms with E-state index in [2.05, 4.69) is 10.3 Å². The molecule has 3 aromatic rings. The lowest BCUT2D eigenvalue weighted by atomic mass is 10.1. The standard InChI is InChI=1S/C24H26FN5O3/c1-3-28-15-19(24(33)27-14-17-6-4-5-7-26-17)23(32)18-12-20(25)22(13-21(18)28)30-10-8-29(9-11-30)16(2)31/h4-7,12-13,15H,3,8-11,14H2,1-2H3,(H,27,33). The molecule has 1 aliphatic heterocycles.